The van der Waals surface area contributed by atoms with E-state index < -0.39 is 0 Å². The molecule has 0 aliphatic rings. The highest BCUT2D eigenvalue weighted by Gasteiger charge is 2.02. The molecule has 4 heteroatoms. The maximum absolute atomic E-state index is 12.1. The third kappa shape index (κ3) is 2.97. The summed E-state index contributed by atoms with van der Waals surface area (Å²) in [5.41, 5.74) is 2.53. The Balaban J connectivity index is 2.03. The highest BCUT2D eigenvalue weighted by molar-refractivity contribution is 9.10. The third-order valence-electron chi connectivity index (χ3n) is 3.39. The summed E-state index contributed by atoms with van der Waals surface area (Å²) in [5, 5.41) is 0.694. The topological polar surface area (TPSA) is 42.1 Å². The Morgan fingerprint density at radius 3 is 2.73 bits per heavy atom. The lowest BCUT2D eigenvalue weighted by molar-refractivity contribution is 0.414. The molecule has 0 spiro atoms. The van der Waals surface area contributed by atoms with Gasteiger partial charge in [0, 0.05) is 32.7 Å². The molecule has 0 bridgehead atoms. The van der Waals surface area contributed by atoms with Crippen molar-refractivity contribution in [2.45, 2.75) is 0 Å². The number of halogens is 1. The first-order chi connectivity index (χ1) is 10.7. The minimum Gasteiger partial charge on any atom is -0.496 e. The molecule has 0 fully saturated rings. The molecule has 0 atom stereocenters. The number of para-hydroxylation sites is 1. The van der Waals surface area contributed by atoms with Gasteiger partial charge in [-0.15, -0.1) is 0 Å². The second kappa shape index (κ2) is 6.20. The molecule has 3 rings (SSSR count). The molecule has 1 heterocycles. The Hall–Kier alpha value is -2.33. The molecule has 0 unspecified atom stereocenters. The van der Waals surface area contributed by atoms with Gasteiger partial charge in [-0.2, -0.15) is 0 Å². The first kappa shape index (κ1) is 14.6. The van der Waals surface area contributed by atoms with E-state index >= 15 is 0 Å². The van der Waals surface area contributed by atoms with E-state index in [-0.39, 0.29) is 5.43 Å². The fraction of sp³-hybridized carbons (Fsp3) is 0.0556. The van der Waals surface area contributed by atoms with Gasteiger partial charge in [-0.25, -0.2) is 0 Å². The van der Waals surface area contributed by atoms with Gasteiger partial charge in [0.15, 0.2) is 5.43 Å². The van der Waals surface area contributed by atoms with Crippen molar-refractivity contribution in [2.24, 2.45) is 0 Å². The van der Waals surface area contributed by atoms with Crippen LogP contribution in [0.5, 0.6) is 5.75 Å². The van der Waals surface area contributed by atoms with Crippen molar-refractivity contribution in [3.05, 3.63) is 74.5 Å². The summed E-state index contributed by atoms with van der Waals surface area (Å²) < 4.78 is 6.31. The van der Waals surface area contributed by atoms with E-state index in [2.05, 4.69) is 20.9 Å². The molecular weight excluding hydrogens is 342 g/mol. The summed E-state index contributed by atoms with van der Waals surface area (Å²) in [6.45, 7) is 0. The monoisotopic (exact) mass is 355 g/mol. The predicted molar refractivity (Wildman–Crippen MR) is 94.2 cm³/mol. The number of ether oxygens (including phenoxy) is 1. The summed E-state index contributed by atoms with van der Waals surface area (Å²) in [7, 11) is 1.64. The Bertz CT molecular complexity index is 912. The summed E-state index contributed by atoms with van der Waals surface area (Å²) in [6.07, 6.45) is 3.79. The number of benzene rings is 2. The van der Waals surface area contributed by atoms with Crippen LogP contribution in [-0.4, -0.2) is 12.1 Å². The smallest absolute Gasteiger partial charge is 0.189 e. The Morgan fingerprint density at radius 1 is 1.09 bits per heavy atom. The van der Waals surface area contributed by atoms with Gasteiger partial charge in [-0.1, -0.05) is 28.1 Å². The minimum absolute atomic E-state index is 0.00945. The number of methoxy groups -OCH3 is 1. The normalized spacial score (nSPS) is 11.2. The number of aromatic amines is 1. The number of H-pyrrole nitrogens is 1. The van der Waals surface area contributed by atoms with E-state index in [9.17, 15) is 4.79 Å². The van der Waals surface area contributed by atoms with Gasteiger partial charge in [-0.3, -0.25) is 4.79 Å². The lowest BCUT2D eigenvalue weighted by Gasteiger charge is -2.05. The van der Waals surface area contributed by atoms with Crippen molar-refractivity contribution in [3.63, 3.8) is 0 Å². The van der Waals surface area contributed by atoms with Crippen molar-refractivity contribution in [1.82, 2.24) is 4.98 Å². The minimum atomic E-state index is 0.00945. The predicted octanol–water partition coefficient (Wildman–Crippen LogP) is 4.47. The number of hydrogen-bond acceptors (Lipinski definition) is 2. The maximum atomic E-state index is 12.1. The first-order valence-electron chi connectivity index (χ1n) is 6.81. The number of rotatable bonds is 3. The SMILES string of the molecule is COc1ccc(Br)cc1C=Cc1cc(=O)c2ccccc2[nH]1. The highest BCUT2D eigenvalue weighted by Crippen LogP contribution is 2.24. The van der Waals surface area contributed by atoms with Gasteiger partial charge in [0.05, 0.1) is 7.11 Å². The number of hydrogen-bond donors (Lipinski definition) is 1. The van der Waals surface area contributed by atoms with Gasteiger partial charge in [0.2, 0.25) is 0 Å². The van der Waals surface area contributed by atoms with Crippen LogP contribution in [0.3, 0.4) is 0 Å². The van der Waals surface area contributed by atoms with Crippen LogP contribution in [0.25, 0.3) is 23.1 Å². The zero-order valence-electron chi connectivity index (χ0n) is 12.0. The number of pyridine rings is 1. The van der Waals surface area contributed by atoms with Gasteiger partial charge in [-0.05, 0) is 42.5 Å². The van der Waals surface area contributed by atoms with E-state index in [0.29, 0.717) is 5.39 Å². The highest BCUT2D eigenvalue weighted by atomic mass is 79.9. The molecule has 0 saturated carbocycles. The summed E-state index contributed by atoms with van der Waals surface area (Å²) in [5.74, 6) is 0.780. The van der Waals surface area contributed by atoms with E-state index in [1.165, 1.54) is 0 Å². The van der Waals surface area contributed by atoms with Crippen molar-refractivity contribution >= 4 is 39.0 Å². The lowest BCUT2D eigenvalue weighted by Crippen LogP contribution is -2.02. The average Bonchev–Trinajstić information content (AvgIpc) is 2.53. The van der Waals surface area contributed by atoms with E-state index in [1.54, 1.807) is 13.2 Å². The Morgan fingerprint density at radius 2 is 1.91 bits per heavy atom. The molecule has 1 aromatic heterocycles. The zero-order chi connectivity index (χ0) is 15.5. The molecular formula is C18H14BrNO2. The van der Waals surface area contributed by atoms with Crippen LogP contribution < -0.4 is 10.2 Å². The van der Waals surface area contributed by atoms with E-state index in [0.717, 1.165) is 27.0 Å². The molecule has 3 aromatic rings. The van der Waals surface area contributed by atoms with Crippen molar-refractivity contribution in [2.75, 3.05) is 7.11 Å². The first-order valence-corrected chi connectivity index (χ1v) is 7.60. The van der Waals surface area contributed by atoms with Crippen molar-refractivity contribution in [3.8, 4) is 5.75 Å². The molecule has 110 valence electrons. The zero-order valence-corrected chi connectivity index (χ0v) is 13.6. The van der Waals surface area contributed by atoms with Crippen LogP contribution in [-0.2, 0) is 0 Å². The lowest BCUT2D eigenvalue weighted by atomic mass is 10.1. The molecule has 1 N–H and O–H groups in total. The molecule has 0 radical (unpaired) electrons. The van der Waals surface area contributed by atoms with Gasteiger partial charge < -0.3 is 9.72 Å². The molecule has 0 amide bonds. The largest absolute Gasteiger partial charge is 0.496 e. The summed E-state index contributed by atoms with van der Waals surface area (Å²) in [4.78, 5) is 15.4. The Labute approximate surface area is 136 Å². The Kier molecular flexibility index (Phi) is 4.11. The summed E-state index contributed by atoms with van der Waals surface area (Å²) in [6, 6.07) is 14.9. The third-order valence-corrected chi connectivity index (χ3v) is 3.89. The fourth-order valence-corrected chi connectivity index (χ4v) is 2.70. The number of fused-ring (bicyclic) bond motifs is 1. The molecule has 3 nitrogen and oxygen atoms in total. The van der Waals surface area contributed by atoms with Crippen molar-refractivity contribution in [1.29, 1.82) is 0 Å². The van der Waals surface area contributed by atoms with Crippen LogP contribution in [0.1, 0.15) is 11.3 Å². The van der Waals surface area contributed by atoms with E-state index in [1.807, 2.05) is 54.6 Å². The van der Waals surface area contributed by atoms with Crippen LogP contribution in [0.4, 0.5) is 0 Å². The van der Waals surface area contributed by atoms with Crippen LogP contribution >= 0.6 is 15.9 Å². The summed E-state index contributed by atoms with van der Waals surface area (Å²) >= 11 is 3.45. The number of aromatic nitrogens is 1. The second-order valence-electron chi connectivity index (χ2n) is 4.85. The average molecular weight is 356 g/mol. The molecule has 22 heavy (non-hydrogen) atoms. The van der Waals surface area contributed by atoms with Crippen molar-refractivity contribution < 1.29 is 4.74 Å². The van der Waals surface area contributed by atoms with Crippen LogP contribution in [0.2, 0.25) is 0 Å². The van der Waals surface area contributed by atoms with Gasteiger partial charge in [0.1, 0.15) is 5.75 Å². The van der Waals surface area contributed by atoms with Crippen LogP contribution in [0, 0.1) is 0 Å². The van der Waals surface area contributed by atoms with Crippen LogP contribution in [0.15, 0.2) is 57.8 Å². The van der Waals surface area contributed by atoms with Gasteiger partial charge in [0.25, 0.3) is 0 Å². The van der Waals surface area contributed by atoms with Gasteiger partial charge >= 0.3 is 0 Å². The second-order valence-corrected chi connectivity index (χ2v) is 5.77. The molecule has 0 saturated heterocycles. The molecule has 0 aliphatic carbocycles. The molecule has 2 aromatic carbocycles. The maximum Gasteiger partial charge on any atom is 0.189 e. The number of nitrogens with one attached hydrogen (secondary N) is 1. The molecule has 0 aliphatic heterocycles. The standard InChI is InChI=1S/C18H14BrNO2/c1-22-18-9-7-13(19)10-12(18)6-8-14-11-17(21)15-4-2-3-5-16(15)20-14/h2-11H,1H3,(H,20,21). The quantitative estimate of drug-likeness (QED) is 0.752. The fourth-order valence-electron chi connectivity index (χ4n) is 2.32. The van der Waals surface area contributed by atoms with E-state index in [4.69, 9.17) is 4.74 Å².